The smallest absolute Gasteiger partial charge is 0.237 e. The van der Waals surface area contributed by atoms with Crippen molar-refractivity contribution < 1.29 is 4.52 Å². The minimum atomic E-state index is 0.620. The molecule has 0 bridgehead atoms. The zero-order chi connectivity index (χ0) is 14.7. The maximum absolute atomic E-state index is 5.67. The zero-order valence-electron chi connectivity index (χ0n) is 11.6. The molecular formula is C16H15N3OS. The minimum absolute atomic E-state index is 0.620. The van der Waals surface area contributed by atoms with Crippen molar-refractivity contribution >= 4 is 17.4 Å². The monoisotopic (exact) mass is 297 g/mol. The predicted octanol–water partition coefficient (Wildman–Crippen LogP) is 3.92. The molecule has 5 heteroatoms. The number of aryl methyl sites for hydroxylation is 1. The Bertz CT molecular complexity index is 737. The van der Waals surface area contributed by atoms with Crippen LogP contribution in [0.5, 0.6) is 0 Å². The van der Waals surface area contributed by atoms with Crippen molar-refractivity contribution in [2.75, 3.05) is 5.73 Å². The summed E-state index contributed by atoms with van der Waals surface area (Å²) in [5, 5.41) is 4.05. The summed E-state index contributed by atoms with van der Waals surface area (Å²) >= 11 is 1.64. The summed E-state index contributed by atoms with van der Waals surface area (Å²) in [7, 11) is 0. The Balaban J connectivity index is 1.71. The van der Waals surface area contributed by atoms with Crippen molar-refractivity contribution in [3.05, 3.63) is 60.0 Å². The first kappa shape index (κ1) is 13.7. The Kier molecular flexibility index (Phi) is 3.92. The highest BCUT2D eigenvalue weighted by atomic mass is 32.2. The molecule has 1 aromatic heterocycles. The van der Waals surface area contributed by atoms with Crippen molar-refractivity contribution in [3.63, 3.8) is 0 Å². The Hall–Kier alpha value is -2.27. The quantitative estimate of drug-likeness (QED) is 0.584. The van der Waals surface area contributed by atoms with Crippen molar-refractivity contribution in [1.82, 2.24) is 10.1 Å². The molecule has 1 heterocycles. The van der Waals surface area contributed by atoms with Crippen LogP contribution in [-0.4, -0.2) is 10.1 Å². The molecule has 0 spiro atoms. The van der Waals surface area contributed by atoms with E-state index in [-0.39, 0.29) is 0 Å². The average molecular weight is 297 g/mol. The summed E-state index contributed by atoms with van der Waals surface area (Å²) in [5.74, 6) is 1.90. The van der Waals surface area contributed by atoms with Crippen LogP contribution in [0, 0.1) is 6.92 Å². The summed E-state index contributed by atoms with van der Waals surface area (Å²) in [6.45, 7) is 2.04. The van der Waals surface area contributed by atoms with Gasteiger partial charge in [-0.1, -0.05) is 29.4 Å². The third-order valence-corrected chi connectivity index (χ3v) is 4.09. The molecule has 0 saturated carbocycles. The van der Waals surface area contributed by atoms with Crippen molar-refractivity contribution in [1.29, 1.82) is 0 Å². The van der Waals surface area contributed by atoms with E-state index in [2.05, 4.69) is 10.1 Å². The molecule has 0 radical (unpaired) electrons. The number of rotatable bonds is 4. The second-order valence-corrected chi connectivity index (χ2v) is 5.73. The molecular weight excluding hydrogens is 282 g/mol. The lowest BCUT2D eigenvalue weighted by molar-refractivity contribution is 0.391. The standard InChI is InChI=1S/C16H15N3OS/c1-11-4-2-3-5-14(11)16-18-15(20-19-16)10-21-13-8-6-12(17)7-9-13/h2-9H,10,17H2,1H3. The third-order valence-electron chi connectivity index (χ3n) is 3.10. The van der Waals surface area contributed by atoms with Gasteiger partial charge in [-0.2, -0.15) is 4.98 Å². The van der Waals surface area contributed by atoms with Crippen LogP contribution in [0.25, 0.3) is 11.4 Å². The molecule has 0 aliphatic rings. The average Bonchev–Trinajstić information content (AvgIpc) is 2.96. The molecule has 3 aromatic rings. The van der Waals surface area contributed by atoms with Gasteiger partial charge in [0.05, 0.1) is 5.75 Å². The fraction of sp³-hybridized carbons (Fsp3) is 0.125. The minimum Gasteiger partial charge on any atom is -0.399 e. The van der Waals surface area contributed by atoms with E-state index in [0.29, 0.717) is 17.5 Å². The number of anilines is 1. The van der Waals surface area contributed by atoms with Crippen LogP contribution in [0.3, 0.4) is 0 Å². The van der Waals surface area contributed by atoms with Gasteiger partial charge in [0.25, 0.3) is 0 Å². The van der Waals surface area contributed by atoms with E-state index in [1.54, 1.807) is 11.8 Å². The van der Waals surface area contributed by atoms with Gasteiger partial charge in [-0.15, -0.1) is 11.8 Å². The molecule has 0 aliphatic carbocycles. The summed E-state index contributed by atoms with van der Waals surface area (Å²) in [6.07, 6.45) is 0. The highest BCUT2D eigenvalue weighted by Gasteiger charge is 2.10. The number of nitrogens with two attached hydrogens (primary N) is 1. The second-order valence-electron chi connectivity index (χ2n) is 4.68. The number of benzene rings is 2. The first-order valence-electron chi connectivity index (χ1n) is 6.59. The molecule has 0 amide bonds. The van der Waals surface area contributed by atoms with Gasteiger partial charge in [0.1, 0.15) is 0 Å². The fourth-order valence-electron chi connectivity index (χ4n) is 1.96. The number of nitrogen functional groups attached to an aromatic ring is 1. The molecule has 0 aliphatic heterocycles. The van der Waals surface area contributed by atoms with E-state index in [4.69, 9.17) is 10.3 Å². The van der Waals surface area contributed by atoms with E-state index in [0.717, 1.165) is 21.7 Å². The van der Waals surface area contributed by atoms with Crippen LogP contribution >= 0.6 is 11.8 Å². The van der Waals surface area contributed by atoms with Crippen molar-refractivity contribution in [2.24, 2.45) is 0 Å². The normalized spacial score (nSPS) is 10.7. The van der Waals surface area contributed by atoms with Gasteiger partial charge < -0.3 is 10.3 Å². The van der Waals surface area contributed by atoms with Crippen LogP contribution in [0.1, 0.15) is 11.5 Å². The Morgan fingerprint density at radius 3 is 2.62 bits per heavy atom. The van der Waals surface area contributed by atoms with Crippen LogP contribution in [0.4, 0.5) is 5.69 Å². The topological polar surface area (TPSA) is 64.9 Å². The lowest BCUT2D eigenvalue weighted by atomic mass is 10.1. The molecule has 2 N–H and O–H groups in total. The molecule has 106 valence electrons. The maximum Gasteiger partial charge on any atom is 0.237 e. The van der Waals surface area contributed by atoms with Crippen LogP contribution < -0.4 is 5.73 Å². The number of hydrogen-bond acceptors (Lipinski definition) is 5. The van der Waals surface area contributed by atoms with Gasteiger partial charge in [-0.3, -0.25) is 0 Å². The Morgan fingerprint density at radius 1 is 1.10 bits per heavy atom. The molecule has 0 unspecified atom stereocenters. The summed E-state index contributed by atoms with van der Waals surface area (Å²) in [5.41, 5.74) is 8.57. The van der Waals surface area contributed by atoms with Crippen LogP contribution in [0.2, 0.25) is 0 Å². The highest BCUT2D eigenvalue weighted by Crippen LogP contribution is 2.25. The molecule has 3 rings (SSSR count). The Morgan fingerprint density at radius 2 is 1.86 bits per heavy atom. The number of hydrogen-bond donors (Lipinski definition) is 1. The summed E-state index contributed by atoms with van der Waals surface area (Å²) in [6, 6.07) is 15.7. The fourth-order valence-corrected chi connectivity index (χ4v) is 2.69. The van der Waals surface area contributed by atoms with Crippen molar-refractivity contribution in [2.45, 2.75) is 17.6 Å². The highest BCUT2D eigenvalue weighted by molar-refractivity contribution is 7.98. The SMILES string of the molecule is Cc1ccccc1-c1noc(CSc2ccc(N)cc2)n1. The lowest BCUT2D eigenvalue weighted by Gasteiger charge is -1.99. The Labute approximate surface area is 127 Å². The van der Waals surface area contributed by atoms with E-state index in [1.807, 2.05) is 55.5 Å². The van der Waals surface area contributed by atoms with E-state index in [1.165, 1.54) is 0 Å². The van der Waals surface area contributed by atoms with Crippen molar-refractivity contribution in [3.8, 4) is 11.4 Å². The van der Waals surface area contributed by atoms with Gasteiger partial charge in [0.15, 0.2) is 0 Å². The molecule has 4 nitrogen and oxygen atoms in total. The van der Waals surface area contributed by atoms with Crippen LogP contribution in [-0.2, 0) is 5.75 Å². The molecule has 21 heavy (non-hydrogen) atoms. The van der Waals surface area contributed by atoms with E-state index >= 15 is 0 Å². The molecule has 2 aromatic carbocycles. The summed E-state index contributed by atoms with van der Waals surface area (Å²) < 4.78 is 5.31. The van der Waals surface area contributed by atoms with Crippen LogP contribution in [0.15, 0.2) is 57.9 Å². The van der Waals surface area contributed by atoms with Gasteiger partial charge in [-0.05, 0) is 36.8 Å². The van der Waals surface area contributed by atoms with Gasteiger partial charge in [-0.25, -0.2) is 0 Å². The van der Waals surface area contributed by atoms with Gasteiger partial charge in [0.2, 0.25) is 11.7 Å². The largest absolute Gasteiger partial charge is 0.399 e. The van der Waals surface area contributed by atoms with E-state index < -0.39 is 0 Å². The first-order chi connectivity index (χ1) is 10.2. The number of thioether (sulfide) groups is 1. The second kappa shape index (κ2) is 6.01. The van der Waals surface area contributed by atoms with Gasteiger partial charge in [0, 0.05) is 16.1 Å². The number of nitrogens with zero attached hydrogens (tertiary/aromatic N) is 2. The molecule has 0 saturated heterocycles. The zero-order valence-corrected chi connectivity index (χ0v) is 12.4. The summed E-state index contributed by atoms with van der Waals surface area (Å²) in [4.78, 5) is 5.58. The first-order valence-corrected chi connectivity index (χ1v) is 7.58. The predicted molar refractivity (Wildman–Crippen MR) is 84.9 cm³/mol. The third kappa shape index (κ3) is 3.25. The maximum atomic E-state index is 5.67. The molecule has 0 fully saturated rings. The lowest BCUT2D eigenvalue weighted by Crippen LogP contribution is -1.86. The molecule has 0 atom stereocenters. The number of aromatic nitrogens is 2. The van der Waals surface area contributed by atoms with E-state index in [9.17, 15) is 0 Å². The van der Waals surface area contributed by atoms with Gasteiger partial charge >= 0.3 is 0 Å².